The van der Waals surface area contributed by atoms with Crippen molar-refractivity contribution in [1.29, 1.82) is 0 Å². The van der Waals surface area contributed by atoms with Crippen molar-refractivity contribution in [3.8, 4) is 0 Å². The molecule has 0 bridgehead atoms. The van der Waals surface area contributed by atoms with Crippen LogP contribution in [0.4, 0.5) is 11.4 Å². The highest BCUT2D eigenvalue weighted by Gasteiger charge is 2.16. The fraction of sp³-hybridized carbons (Fsp3) is 0. The van der Waals surface area contributed by atoms with Crippen LogP contribution in [0.3, 0.4) is 0 Å². The molecule has 136 valence electrons. The zero-order valence-corrected chi connectivity index (χ0v) is 15.0. The van der Waals surface area contributed by atoms with E-state index in [0.29, 0.717) is 21.0 Å². The van der Waals surface area contributed by atoms with Gasteiger partial charge < -0.3 is 9.73 Å². The number of fused-ring (bicyclic) bond motifs is 1. The normalized spacial score (nSPS) is 11.0. The first kappa shape index (κ1) is 18.6. The highest BCUT2D eigenvalue weighted by molar-refractivity contribution is 6.42. The Morgan fingerprint density at radius 2 is 1.93 bits per heavy atom. The Hall–Kier alpha value is -3.16. The van der Waals surface area contributed by atoms with Crippen molar-refractivity contribution in [3.63, 3.8) is 0 Å². The maximum absolute atomic E-state index is 12.1. The van der Waals surface area contributed by atoms with Gasteiger partial charge >= 0.3 is 11.3 Å². The van der Waals surface area contributed by atoms with E-state index in [-0.39, 0.29) is 17.0 Å². The molecule has 9 heteroatoms. The SMILES string of the molecule is O=C(/C=C/c1cccc(Cl)c1Cl)Nc1cc2cccc([N+](=O)[O-])c2oc1=O. The number of nitro groups is 1. The van der Waals surface area contributed by atoms with Crippen LogP contribution >= 0.6 is 23.2 Å². The third kappa shape index (κ3) is 3.99. The monoisotopic (exact) mass is 404 g/mol. The largest absolute Gasteiger partial charge is 0.414 e. The zero-order valence-electron chi connectivity index (χ0n) is 13.4. The number of nitro benzene ring substituents is 1. The number of non-ortho nitro benzene ring substituents is 1. The van der Waals surface area contributed by atoms with Gasteiger partial charge in [-0.25, -0.2) is 4.79 Å². The van der Waals surface area contributed by atoms with E-state index in [4.69, 9.17) is 27.6 Å². The molecule has 2 aromatic carbocycles. The predicted molar refractivity (Wildman–Crippen MR) is 103 cm³/mol. The summed E-state index contributed by atoms with van der Waals surface area (Å²) >= 11 is 11.9. The summed E-state index contributed by atoms with van der Waals surface area (Å²) in [5, 5.41) is 14.3. The second-order valence-electron chi connectivity index (χ2n) is 5.37. The molecule has 1 amide bonds. The first-order chi connectivity index (χ1) is 12.9. The molecule has 0 radical (unpaired) electrons. The zero-order chi connectivity index (χ0) is 19.6. The molecule has 0 aliphatic carbocycles. The van der Waals surface area contributed by atoms with Gasteiger partial charge in [0.25, 0.3) is 0 Å². The lowest BCUT2D eigenvalue weighted by Gasteiger charge is -2.03. The van der Waals surface area contributed by atoms with Crippen molar-refractivity contribution in [2.24, 2.45) is 0 Å². The summed E-state index contributed by atoms with van der Waals surface area (Å²) in [7, 11) is 0. The smallest absolute Gasteiger partial charge is 0.360 e. The van der Waals surface area contributed by atoms with Crippen molar-refractivity contribution in [2.45, 2.75) is 0 Å². The highest BCUT2D eigenvalue weighted by atomic mass is 35.5. The molecule has 0 aliphatic heterocycles. The number of benzene rings is 2. The van der Waals surface area contributed by atoms with Gasteiger partial charge in [0.1, 0.15) is 5.69 Å². The molecule has 0 unspecified atom stereocenters. The lowest BCUT2D eigenvalue weighted by Crippen LogP contribution is -2.15. The molecule has 7 nitrogen and oxygen atoms in total. The Labute approximate surface area is 162 Å². The van der Waals surface area contributed by atoms with Crippen LogP contribution in [-0.4, -0.2) is 10.8 Å². The van der Waals surface area contributed by atoms with Crippen LogP contribution in [-0.2, 0) is 4.79 Å². The van der Waals surface area contributed by atoms with Gasteiger partial charge in [-0.2, -0.15) is 0 Å². The van der Waals surface area contributed by atoms with Crippen LogP contribution < -0.4 is 10.9 Å². The summed E-state index contributed by atoms with van der Waals surface area (Å²) in [6.07, 6.45) is 2.62. The van der Waals surface area contributed by atoms with Crippen LogP contribution in [0.15, 0.2) is 57.8 Å². The molecule has 0 spiro atoms. The Balaban J connectivity index is 1.88. The van der Waals surface area contributed by atoms with Gasteiger partial charge in [-0.3, -0.25) is 14.9 Å². The fourth-order valence-electron chi connectivity index (χ4n) is 2.35. The molecule has 27 heavy (non-hydrogen) atoms. The molecule has 0 saturated heterocycles. The quantitative estimate of drug-likeness (QED) is 0.294. The molecular formula is C18H10Cl2N2O5. The number of carbonyl (C=O) groups is 1. The average Bonchev–Trinajstić information content (AvgIpc) is 2.63. The lowest BCUT2D eigenvalue weighted by molar-refractivity contribution is -0.383. The molecule has 0 saturated carbocycles. The van der Waals surface area contributed by atoms with E-state index in [2.05, 4.69) is 5.32 Å². The Bertz CT molecular complexity index is 1150. The number of nitrogens with one attached hydrogen (secondary N) is 1. The molecular weight excluding hydrogens is 395 g/mol. The number of hydrogen-bond acceptors (Lipinski definition) is 5. The van der Waals surface area contributed by atoms with Gasteiger partial charge in [-0.05, 0) is 23.8 Å². The molecule has 1 aromatic heterocycles. The van der Waals surface area contributed by atoms with E-state index >= 15 is 0 Å². The first-order valence-corrected chi connectivity index (χ1v) is 8.27. The van der Waals surface area contributed by atoms with Crippen LogP contribution in [0.25, 0.3) is 17.0 Å². The number of nitrogens with zero attached hydrogens (tertiary/aromatic N) is 1. The number of carbonyl (C=O) groups excluding carboxylic acids is 1. The second-order valence-corrected chi connectivity index (χ2v) is 6.15. The molecule has 3 rings (SSSR count). The molecule has 3 aromatic rings. The van der Waals surface area contributed by atoms with Gasteiger partial charge in [0.2, 0.25) is 11.5 Å². The molecule has 0 fully saturated rings. The van der Waals surface area contributed by atoms with Crippen molar-refractivity contribution in [1.82, 2.24) is 0 Å². The van der Waals surface area contributed by atoms with Crippen molar-refractivity contribution >= 4 is 57.5 Å². The molecule has 1 heterocycles. The van der Waals surface area contributed by atoms with Gasteiger partial charge in [0.15, 0.2) is 0 Å². The van der Waals surface area contributed by atoms with E-state index < -0.39 is 16.5 Å². The summed E-state index contributed by atoms with van der Waals surface area (Å²) in [4.78, 5) is 34.5. The van der Waals surface area contributed by atoms with Crippen LogP contribution in [0.2, 0.25) is 10.0 Å². The number of hydrogen-bond donors (Lipinski definition) is 1. The lowest BCUT2D eigenvalue weighted by atomic mass is 10.2. The van der Waals surface area contributed by atoms with Gasteiger partial charge in [0, 0.05) is 17.5 Å². The van der Waals surface area contributed by atoms with E-state index in [0.717, 1.165) is 0 Å². The van der Waals surface area contributed by atoms with E-state index in [1.54, 1.807) is 18.2 Å². The number of rotatable bonds is 4. The maximum Gasteiger partial charge on any atom is 0.360 e. The third-order valence-corrected chi connectivity index (χ3v) is 4.42. The minimum Gasteiger partial charge on any atom is -0.414 e. The average molecular weight is 405 g/mol. The summed E-state index contributed by atoms with van der Waals surface area (Å²) < 4.78 is 5.01. The Morgan fingerprint density at radius 1 is 1.19 bits per heavy atom. The van der Waals surface area contributed by atoms with Gasteiger partial charge in [0.05, 0.1) is 15.0 Å². The minimum absolute atomic E-state index is 0.144. The highest BCUT2D eigenvalue weighted by Crippen LogP contribution is 2.27. The number of anilines is 1. The van der Waals surface area contributed by atoms with Crippen LogP contribution in [0.5, 0.6) is 0 Å². The van der Waals surface area contributed by atoms with Crippen LogP contribution in [0, 0.1) is 10.1 Å². The number of para-hydroxylation sites is 1. The van der Waals surface area contributed by atoms with Crippen molar-refractivity contribution < 1.29 is 14.1 Å². The van der Waals surface area contributed by atoms with Gasteiger partial charge in [-0.1, -0.05) is 47.5 Å². The Kier molecular flexibility index (Phi) is 5.25. The summed E-state index contributed by atoms with van der Waals surface area (Å²) in [5.41, 5.74) is -1.01. The van der Waals surface area contributed by atoms with E-state index in [1.165, 1.54) is 36.4 Å². The van der Waals surface area contributed by atoms with Crippen molar-refractivity contribution in [3.05, 3.63) is 84.7 Å². The number of amides is 1. The molecule has 0 aliphatic rings. The predicted octanol–water partition coefficient (Wildman–Crippen LogP) is 4.66. The Morgan fingerprint density at radius 3 is 2.67 bits per heavy atom. The molecule has 1 N–H and O–H groups in total. The fourth-order valence-corrected chi connectivity index (χ4v) is 2.72. The number of halogens is 2. The summed E-state index contributed by atoms with van der Waals surface area (Å²) in [6.45, 7) is 0. The summed E-state index contributed by atoms with van der Waals surface area (Å²) in [6, 6.07) is 10.5. The maximum atomic E-state index is 12.1. The molecule has 0 atom stereocenters. The van der Waals surface area contributed by atoms with Crippen LogP contribution in [0.1, 0.15) is 5.56 Å². The third-order valence-electron chi connectivity index (χ3n) is 3.59. The summed E-state index contributed by atoms with van der Waals surface area (Å²) in [5.74, 6) is -0.608. The minimum atomic E-state index is -0.903. The second kappa shape index (κ2) is 7.61. The van der Waals surface area contributed by atoms with Gasteiger partial charge in [-0.15, -0.1) is 0 Å². The van der Waals surface area contributed by atoms with E-state index in [1.807, 2.05) is 0 Å². The van der Waals surface area contributed by atoms with E-state index in [9.17, 15) is 19.7 Å². The first-order valence-electron chi connectivity index (χ1n) is 7.51. The van der Waals surface area contributed by atoms with Crippen molar-refractivity contribution in [2.75, 3.05) is 5.32 Å². The standard InChI is InChI=1S/C18H10Cl2N2O5/c19-12-5-1-3-10(16(12)20)7-8-15(23)21-13-9-11-4-2-6-14(22(25)26)17(11)27-18(13)24/h1-9H,(H,21,23)/b8-7+. The topological polar surface area (TPSA) is 102 Å².